The highest BCUT2D eigenvalue weighted by Crippen LogP contribution is 2.25. The molecule has 2 amide bonds. The number of nitrogens with two attached hydrogens (primary N) is 1. The molecule has 2 heterocycles. The van der Waals surface area contributed by atoms with E-state index in [1.165, 1.54) is 4.90 Å². The van der Waals surface area contributed by atoms with Crippen molar-refractivity contribution in [2.75, 3.05) is 20.1 Å². The van der Waals surface area contributed by atoms with Crippen molar-refractivity contribution < 1.29 is 9.59 Å². The van der Waals surface area contributed by atoms with Crippen molar-refractivity contribution in [3.63, 3.8) is 0 Å². The molecular weight excluding hydrogens is 218 g/mol. The molecule has 3 unspecified atom stereocenters. The maximum absolute atomic E-state index is 11.9. The van der Waals surface area contributed by atoms with Crippen LogP contribution in [-0.4, -0.2) is 53.8 Å². The number of likely N-dealkylation sites (N-methyl/N-ethyl adjacent to an activating group) is 1. The Morgan fingerprint density at radius 2 is 2.12 bits per heavy atom. The summed E-state index contributed by atoms with van der Waals surface area (Å²) in [5.74, 6) is 0.320. The Kier molecular flexibility index (Phi) is 3.49. The molecule has 2 rings (SSSR count). The van der Waals surface area contributed by atoms with E-state index in [0.29, 0.717) is 12.3 Å². The highest BCUT2D eigenvalue weighted by molar-refractivity contribution is 6.05. The maximum Gasteiger partial charge on any atom is 0.246 e. The molecule has 2 N–H and O–H groups in total. The van der Waals surface area contributed by atoms with Gasteiger partial charge < -0.3 is 5.73 Å². The summed E-state index contributed by atoms with van der Waals surface area (Å²) < 4.78 is 0. The van der Waals surface area contributed by atoms with E-state index in [1.807, 2.05) is 6.92 Å². The van der Waals surface area contributed by atoms with Crippen LogP contribution in [0.5, 0.6) is 0 Å². The molecule has 0 aliphatic carbocycles. The maximum atomic E-state index is 11.9. The van der Waals surface area contributed by atoms with Gasteiger partial charge in [-0.15, -0.1) is 0 Å². The first-order valence-electron chi connectivity index (χ1n) is 6.30. The van der Waals surface area contributed by atoms with Gasteiger partial charge in [0.25, 0.3) is 0 Å². The summed E-state index contributed by atoms with van der Waals surface area (Å²) in [6.07, 6.45) is 2.52. The molecule has 3 atom stereocenters. The molecule has 0 spiro atoms. The van der Waals surface area contributed by atoms with Crippen molar-refractivity contribution >= 4 is 11.8 Å². The highest BCUT2D eigenvalue weighted by atomic mass is 16.2. The van der Waals surface area contributed by atoms with Gasteiger partial charge in [0.1, 0.15) is 0 Å². The third kappa shape index (κ3) is 2.35. The van der Waals surface area contributed by atoms with E-state index in [0.717, 1.165) is 25.9 Å². The van der Waals surface area contributed by atoms with Gasteiger partial charge in [-0.1, -0.05) is 0 Å². The van der Waals surface area contributed by atoms with E-state index < -0.39 is 0 Å². The van der Waals surface area contributed by atoms with Gasteiger partial charge in [-0.3, -0.25) is 19.4 Å². The molecule has 0 aromatic heterocycles. The van der Waals surface area contributed by atoms with Crippen LogP contribution < -0.4 is 5.73 Å². The van der Waals surface area contributed by atoms with Crippen molar-refractivity contribution in [2.24, 2.45) is 11.7 Å². The van der Waals surface area contributed by atoms with Gasteiger partial charge in [-0.2, -0.15) is 0 Å². The number of carbonyl (C=O) groups is 2. The first kappa shape index (κ1) is 12.5. The lowest BCUT2D eigenvalue weighted by atomic mass is 9.91. The number of piperidine rings is 1. The number of carbonyl (C=O) groups excluding carboxylic acids is 2. The minimum absolute atomic E-state index is 0.0553. The third-order valence-corrected chi connectivity index (χ3v) is 4.03. The average Bonchev–Trinajstić information content (AvgIpc) is 2.57. The number of rotatable bonds is 2. The van der Waals surface area contributed by atoms with E-state index in [-0.39, 0.29) is 23.9 Å². The Bertz CT molecular complexity index is 330. The summed E-state index contributed by atoms with van der Waals surface area (Å²) >= 11 is 0. The Morgan fingerprint density at radius 1 is 1.41 bits per heavy atom. The predicted octanol–water partition coefficient (Wildman–Crippen LogP) is -0.197. The fourth-order valence-corrected chi connectivity index (χ4v) is 2.77. The van der Waals surface area contributed by atoms with Crippen molar-refractivity contribution in [3.8, 4) is 0 Å². The summed E-state index contributed by atoms with van der Waals surface area (Å²) in [6.45, 7) is 3.76. The molecule has 0 bridgehead atoms. The second-order valence-corrected chi connectivity index (χ2v) is 5.27. The zero-order valence-electron chi connectivity index (χ0n) is 10.6. The summed E-state index contributed by atoms with van der Waals surface area (Å²) in [5, 5.41) is 0. The van der Waals surface area contributed by atoms with Crippen molar-refractivity contribution in [1.82, 2.24) is 9.80 Å². The lowest BCUT2D eigenvalue weighted by molar-refractivity contribution is -0.138. The van der Waals surface area contributed by atoms with E-state index >= 15 is 0 Å². The van der Waals surface area contributed by atoms with E-state index in [2.05, 4.69) is 4.90 Å². The Morgan fingerprint density at radius 3 is 2.65 bits per heavy atom. The first-order chi connectivity index (χ1) is 8.00. The third-order valence-electron chi connectivity index (χ3n) is 4.03. The predicted molar refractivity (Wildman–Crippen MR) is 64.1 cm³/mol. The van der Waals surface area contributed by atoms with Crippen LogP contribution in [0.3, 0.4) is 0 Å². The second-order valence-electron chi connectivity index (χ2n) is 5.27. The van der Waals surface area contributed by atoms with Crippen molar-refractivity contribution in [2.45, 2.75) is 38.3 Å². The van der Waals surface area contributed by atoms with Gasteiger partial charge in [0.05, 0.1) is 12.5 Å². The van der Waals surface area contributed by atoms with Crippen LogP contribution in [0, 0.1) is 5.92 Å². The van der Waals surface area contributed by atoms with Gasteiger partial charge in [0, 0.05) is 19.6 Å². The molecule has 2 saturated heterocycles. The average molecular weight is 239 g/mol. The number of likely N-dealkylation sites (tertiary alicyclic amines) is 2. The largest absolute Gasteiger partial charge is 0.328 e. The molecule has 0 aromatic carbocycles. The summed E-state index contributed by atoms with van der Waals surface area (Å²) in [6, 6.07) is -0.0863. The topological polar surface area (TPSA) is 66.6 Å². The zero-order valence-corrected chi connectivity index (χ0v) is 10.6. The van der Waals surface area contributed by atoms with Crippen LogP contribution in [0.25, 0.3) is 0 Å². The van der Waals surface area contributed by atoms with Gasteiger partial charge in [-0.05, 0) is 32.2 Å². The zero-order chi connectivity index (χ0) is 12.6. The van der Waals surface area contributed by atoms with Crippen LogP contribution in [0.15, 0.2) is 0 Å². The van der Waals surface area contributed by atoms with Crippen LogP contribution in [0.1, 0.15) is 26.2 Å². The molecule has 5 heteroatoms. The number of imide groups is 1. The number of hydrogen-bond acceptors (Lipinski definition) is 4. The van der Waals surface area contributed by atoms with Gasteiger partial charge in [0.15, 0.2) is 0 Å². The lowest BCUT2D eigenvalue weighted by Crippen LogP contribution is -2.49. The molecule has 2 fully saturated rings. The molecule has 5 nitrogen and oxygen atoms in total. The highest BCUT2D eigenvalue weighted by Gasteiger charge is 2.41. The molecule has 17 heavy (non-hydrogen) atoms. The Labute approximate surface area is 102 Å². The molecule has 0 radical (unpaired) electrons. The fourth-order valence-electron chi connectivity index (χ4n) is 2.77. The summed E-state index contributed by atoms with van der Waals surface area (Å²) in [5.41, 5.74) is 5.93. The molecule has 96 valence electrons. The second kappa shape index (κ2) is 4.74. The minimum atomic E-state index is -0.242. The minimum Gasteiger partial charge on any atom is -0.328 e. The quantitative estimate of drug-likeness (QED) is 0.678. The number of hydrogen-bond donors (Lipinski definition) is 1. The number of nitrogens with zero attached hydrogens (tertiary/aromatic N) is 2. The van der Waals surface area contributed by atoms with Crippen LogP contribution in [-0.2, 0) is 9.59 Å². The normalized spacial score (nSPS) is 33.2. The first-order valence-corrected chi connectivity index (χ1v) is 6.30. The smallest absolute Gasteiger partial charge is 0.246 e. The van der Waals surface area contributed by atoms with Crippen LogP contribution in [0.4, 0.5) is 0 Å². The molecule has 0 saturated carbocycles. The van der Waals surface area contributed by atoms with Gasteiger partial charge in [-0.25, -0.2) is 0 Å². The van der Waals surface area contributed by atoms with Crippen LogP contribution >= 0.6 is 0 Å². The monoisotopic (exact) mass is 239 g/mol. The van der Waals surface area contributed by atoms with Gasteiger partial charge in [0.2, 0.25) is 11.8 Å². The molecule has 0 aromatic rings. The van der Waals surface area contributed by atoms with Crippen molar-refractivity contribution in [3.05, 3.63) is 0 Å². The molecule has 2 aliphatic rings. The fraction of sp³-hybridized carbons (Fsp3) is 0.833. The summed E-state index contributed by atoms with van der Waals surface area (Å²) in [7, 11) is 1.57. The Balaban J connectivity index is 2.03. The SMILES string of the molecule is CC(N)C1CCCN(C2CC(=O)N(C)C2=O)C1. The summed E-state index contributed by atoms with van der Waals surface area (Å²) in [4.78, 5) is 26.8. The van der Waals surface area contributed by atoms with E-state index in [4.69, 9.17) is 5.73 Å². The Hall–Kier alpha value is -0.940. The molecule has 2 aliphatic heterocycles. The number of amides is 2. The van der Waals surface area contributed by atoms with Crippen molar-refractivity contribution in [1.29, 1.82) is 0 Å². The molecular formula is C12H21N3O2. The van der Waals surface area contributed by atoms with Crippen LogP contribution in [0.2, 0.25) is 0 Å². The van der Waals surface area contributed by atoms with E-state index in [1.54, 1.807) is 7.05 Å². The standard InChI is InChI=1S/C12H21N3O2/c1-8(13)9-4-3-5-15(7-9)10-6-11(16)14(2)12(10)17/h8-10H,3-7,13H2,1-2H3. The van der Waals surface area contributed by atoms with E-state index in [9.17, 15) is 9.59 Å². The van der Waals surface area contributed by atoms with Gasteiger partial charge >= 0.3 is 0 Å². The lowest BCUT2D eigenvalue weighted by Gasteiger charge is -2.37.